The van der Waals surface area contributed by atoms with E-state index < -0.39 is 5.91 Å². The Kier molecular flexibility index (Phi) is 6.40. The summed E-state index contributed by atoms with van der Waals surface area (Å²) in [7, 11) is 3.12. The molecule has 0 aliphatic rings. The first-order chi connectivity index (χ1) is 12.5. The van der Waals surface area contributed by atoms with Crippen molar-refractivity contribution in [2.75, 3.05) is 14.2 Å². The third kappa shape index (κ3) is 4.22. The van der Waals surface area contributed by atoms with Gasteiger partial charge in [0.05, 0.1) is 20.3 Å². The lowest BCUT2D eigenvalue weighted by Gasteiger charge is -2.15. The topological polar surface area (TPSA) is 71.3 Å². The molecule has 0 bridgehead atoms. The van der Waals surface area contributed by atoms with Gasteiger partial charge in [0.2, 0.25) is 0 Å². The number of hydrogen-bond acceptors (Lipinski definition) is 4. The van der Waals surface area contributed by atoms with Crippen LogP contribution in [-0.4, -0.2) is 20.1 Å². The van der Waals surface area contributed by atoms with E-state index in [-0.39, 0.29) is 11.6 Å². The number of nitriles is 1. The van der Waals surface area contributed by atoms with E-state index in [4.69, 9.17) is 9.47 Å². The molecule has 0 saturated heterocycles. The number of hydrogen-bond donors (Lipinski definition) is 1. The maximum Gasteiger partial charge on any atom is 0.262 e. The lowest BCUT2D eigenvalue weighted by molar-refractivity contribution is -0.117. The molecule has 2 aromatic rings. The van der Waals surface area contributed by atoms with Crippen molar-refractivity contribution in [2.45, 2.75) is 19.9 Å². The zero-order valence-electron chi connectivity index (χ0n) is 15.4. The minimum Gasteiger partial charge on any atom is -0.496 e. The third-order valence-corrected chi connectivity index (χ3v) is 4.12. The zero-order valence-corrected chi connectivity index (χ0v) is 15.4. The van der Waals surface area contributed by atoms with Crippen LogP contribution in [0.1, 0.15) is 29.7 Å². The van der Waals surface area contributed by atoms with Crippen LogP contribution in [-0.2, 0) is 4.79 Å². The minimum atomic E-state index is -0.431. The fraction of sp³-hybridized carbons (Fsp3) is 0.238. The zero-order chi connectivity index (χ0) is 19.1. The van der Waals surface area contributed by atoms with E-state index in [1.54, 1.807) is 26.4 Å². The molecular formula is C21H22N2O3. The molecule has 0 aromatic heterocycles. The molecule has 2 aromatic carbocycles. The maximum atomic E-state index is 12.5. The van der Waals surface area contributed by atoms with E-state index in [1.165, 1.54) is 6.08 Å². The van der Waals surface area contributed by atoms with E-state index in [0.717, 1.165) is 11.1 Å². The van der Waals surface area contributed by atoms with E-state index in [9.17, 15) is 10.1 Å². The van der Waals surface area contributed by atoms with Gasteiger partial charge in [-0.3, -0.25) is 4.79 Å². The Hall–Kier alpha value is -3.26. The molecular weight excluding hydrogens is 328 g/mol. The van der Waals surface area contributed by atoms with Gasteiger partial charge in [0.25, 0.3) is 5.91 Å². The summed E-state index contributed by atoms with van der Waals surface area (Å²) in [6.45, 7) is 3.74. The summed E-state index contributed by atoms with van der Waals surface area (Å²) in [6, 6.07) is 14.9. The van der Waals surface area contributed by atoms with Crippen molar-refractivity contribution >= 4 is 12.0 Å². The van der Waals surface area contributed by atoms with Gasteiger partial charge in [0.15, 0.2) is 0 Å². The average Bonchev–Trinajstić information content (AvgIpc) is 2.66. The molecule has 2 rings (SSSR count). The first-order valence-electron chi connectivity index (χ1n) is 8.21. The minimum absolute atomic E-state index is 0.00986. The van der Waals surface area contributed by atoms with Crippen LogP contribution in [0.25, 0.3) is 6.08 Å². The fourth-order valence-corrected chi connectivity index (χ4v) is 2.70. The summed E-state index contributed by atoms with van der Waals surface area (Å²) >= 11 is 0. The predicted molar refractivity (Wildman–Crippen MR) is 101 cm³/mol. The number of ether oxygens (including phenoxy) is 2. The average molecular weight is 350 g/mol. The number of nitrogens with one attached hydrogen (secondary N) is 1. The van der Waals surface area contributed by atoms with Gasteiger partial charge in [-0.1, -0.05) is 30.3 Å². The van der Waals surface area contributed by atoms with E-state index in [2.05, 4.69) is 5.32 Å². The summed E-state index contributed by atoms with van der Waals surface area (Å²) in [6.07, 6.45) is 1.53. The standard InChI is InChI=1S/C21H22N2O3/c1-14-19(25-3)11-10-17(20(14)26-4)12-18(13-22)21(24)23-15(2)16-8-6-5-7-9-16/h5-12,15H,1-4H3,(H,23,24)/b18-12-/t15-/m0/s1. The number of methoxy groups -OCH3 is 2. The number of nitrogens with zero attached hydrogens (tertiary/aromatic N) is 1. The molecule has 0 aliphatic heterocycles. The van der Waals surface area contributed by atoms with Crippen molar-refractivity contribution in [3.05, 3.63) is 64.7 Å². The smallest absolute Gasteiger partial charge is 0.262 e. The van der Waals surface area contributed by atoms with Crippen molar-refractivity contribution in [1.82, 2.24) is 5.32 Å². The molecule has 1 atom stereocenters. The van der Waals surface area contributed by atoms with Gasteiger partial charge in [-0.2, -0.15) is 5.26 Å². The lowest BCUT2D eigenvalue weighted by Crippen LogP contribution is -2.27. The van der Waals surface area contributed by atoms with Crippen LogP contribution in [0.3, 0.4) is 0 Å². The van der Waals surface area contributed by atoms with Crippen molar-refractivity contribution in [3.63, 3.8) is 0 Å². The van der Waals surface area contributed by atoms with Crippen LogP contribution in [0.5, 0.6) is 11.5 Å². The third-order valence-electron chi connectivity index (χ3n) is 4.12. The van der Waals surface area contributed by atoms with Crippen LogP contribution in [0.2, 0.25) is 0 Å². The molecule has 0 unspecified atom stereocenters. The summed E-state index contributed by atoms with van der Waals surface area (Å²) in [4.78, 5) is 12.5. The second kappa shape index (κ2) is 8.72. The Balaban J connectivity index is 2.29. The van der Waals surface area contributed by atoms with Crippen LogP contribution < -0.4 is 14.8 Å². The molecule has 1 N–H and O–H groups in total. The van der Waals surface area contributed by atoms with Gasteiger partial charge in [0.1, 0.15) is 23.1 Å². The summed E-state index contributed by atoms with van der Waals surface area (Å²) in [5, 5.41) is 12.3. The van der Waals surface area contributed by atoms with Crippen LogP contribution in [0.4, 0.5) is 0 Å². The van der Waals surface area contributed by atoms with Gasteiger partial charge in [-0.25, -0.2) is 0 Å². The molecule has 1 amide bonds. The first kappa shape index (κ1) is 19.1. The predicted octanol–water partition coefficient (Wildman–Crippen LogP) is 3.80. The normalized spacial score (nSPS) is 12.0. The summed E-state index contributed by atoms with van der Waals surface area (Å²) in [5.74, 6) is 0.819. The van der Waals surface area contributed by atoms with Crippen LogP contribution in [0.15, 0.2) is 48.0 Å². The summed E-state index contributed by atoms with van der Waals surface area (Å²) < 4.78 is 10.7. The van der Waals surface area contributed by atoms with Gasteiger partial charge in [0, 0.05) is 11.1 Å². The fourth-order valence-electron chi connectivity index (χ4n) is 2.70. The number of carbonyl (C=O) groups excluding carboxylic acids is 1. The van der Waals surface area contributed by atoms with Gasteiger partial charge >= 0.3 is 0 Å². The molecule has 0 saturated carbocycles. The van der Waals surface area contributed by atoms with Crippen LogP contribution in [0, 0.1) is 18.3 Å². The van der Waals surface area contributed by atoms with Crippen molar-refractivity contribution < 1.29 is 14.3 Å². The lowest BCUT2D eigenvalue weighted by atomic mass is 10.0. The Morgan fingerprint density at radius 2 is 1.85 bits per heavy atom. The monoisotopic (exact) mass is 350 g/mol. The van der Waals surface area contributed by atoms with Gasteiger partial charge in [-0.15, -0.1) is 0 Å². The molecule has 5 nitrogen and oxygen atoms in total. The highest BCUT2D eigenvalue weighted by atomic mass is 16.5. The van der Waals surface area contributed by atoms with E-state index >= 15 is 0 Å². The second-order valence-electron chi connectivity index (χ2n) is 5.79. The molecule has 0 spiro atoms. The summed E-state index contributed by atoms with van der Waals surface area (Å²) in [5.41, 5.74) is 2.43. The number of benzene rings is 2. The Morgan fingerprint density at radius 1 is 1.15 bits per heavy atom. The quantitative estimate of drug-likeness (QED) is 0.635. The highest BCUT2D eigenvalue weighted by Crippen LogP contribution is 2.32. The molecule has 0 aliphatic carbocycles. The maximum absolute atomic E-state index is 12.5. The molecule has 5 heteroatoms. The van der Waals surface area contributed by atoms with Crippen molar-refractivity contribution in [1.29, 1.82) is 5.26 Å². The highest BCUT2D eigenvalue weighted by molar-refractivity contribution is 6.02. The van der Waals surface area contributed by atoms with E-state index in [1.807, 2.05) is 50.2 Å². The molecule has 0 fully saturated rings. The Labute approximate surface area is 153 Å². The first-order valence-corrected chi connectivity index (χ1v) is 8.21. The number of rotatable bonds is 6. The van der Waals surface area contributed by atoms with Gasteiger partial charge in [-0.05, 0) is 37.6 Å². The second-order valence-corrected chi connectivity index (χ2v) is 5.79. The highest BCUT2D eigenvalue weighted by Gasteiger charge is 2.16. The Bertz CT molecular complexity index is 852. The molecule has 134 valence electrons. The SMILES string of the molecule is COc1ccc(/C=C(/C#N)C(=O)N[C@@H](C)c2ccccc2)c(OC)c1C. The number of amides is 1. The molecule has 0 heterocycles. The molecule has 26 heavy (non-hydrogen) atoms. The Morgan fingerprint density at radius 3 is 2.42 bits per heavy atom. The van der Waals surface area contributed by atoms with Crippen LogP contribution >= 0.6 is 0 Å². The largest absolute Gasteiger partial charge is 0.496 e. The van der Waals surface area contributed by atoms with Gasteiger partial charge < -0.3 is 14.8 Å². The van der Waals surface area contributed by atoms with E-state index in [0.29, 0.717) is 17.1 Å². The number of carbonyl (C=O) groups is 1. The van der Waals surface area contributed by atoms with Crippen molar-refractivity contribution in [2.24, 2.45) is 0 Å². The van der Waals surface area contributed by atoms with Crippen molar-refractivity contribution in [3.8, 4) is 17.6 Å². The molecule has 0 radical (unpaired) electrons.